The smallest absolute Gasteiger partial charge is 0.423 e. The number of hydrogen-bond acceptors (Lipinski definition) is 7. The quantitative estimate of drug-likeness (QED) is 0.614. The van der Waals surface area contributed by atoms with Crippen LogP contribution in [0.15, 0.2) is 35.4 Å². The molecule has 0 radical (unpaired) electrons. The van der Waals surface area contributed by atoms with E-state index in [0.717, 1.165) is 12.8 Å². The van der Waals surface area contributed by atoms with Gasteiger partial charge in [-0.2, -0.15) is 18.2 Å². The van der Waals surface area contributed by atoms with Crippen molar-refractivity contribution in [2.75, 3.05) is 5.32 Å². The first-order chi connectivity index (χ1) is 13.5. The lowest BCUT2D eigenvalue weighted by atomic mass is 10.2. The van der Waals surface area contributed by atoms with E-state index in [1.165, 1.54) is 13.8 Å². The van der Waals surface area contributed by atoms with Crippen LogP contribution in [0.2, 0.25) is 0 Å². The molecular weight excluding hydrogens is 409 g/mol. The maximum atomic E-state index is 13.2. The Kier molecular flexibility index (Phi) is 5.72. The third-order valence-electron chi connectivity index (χ3n) is 4.49. The Hall–Kier alpha value is -2.40. The Morgan fingerprint density at radius 3 is 2.41 bits per heavy atom. The van der Waals surface area contributed by atoms with Gasteiger partial charge in [-0.05, 0) is 51.0 Å². The minimum atomic E-state index is -4.72. The van der Waals surface area contributed by atoms with Gasteiger partial charge in [0.15, 0.2) is 0 Å². The van der Waals surface area contributed by atoms with Crippen molar-refractivity contribution in [1.29, 1.82) is 4.78 Å². The molecule has 0 bridgehead atoms. The van der Waals surface area contributed by atoms with Crippen molar-refractivity contribution in [2.45, 2.75) is 55.2 Å². The van der Waals surface area contributed by atoms with Crippen molar-refractivity contribution < 1.29 is 27.2 Å². The first kappa shape index (κ1) is 21.3. The second kappa shape index (κ2) is 7.79. The monoisotopic (exact) mass is 430 g/mol. The van der Waals surface area contributed by atoms with Gasteiger partial charge < -0.3 is 15.2 Å². The van der Waals surface area contributed by atoms with E-state index in [1.807, 2.05) is 0 Å². The predicted molar refractivity (Wildman–Crippen MR) is 101 cm³/mol. The van der Waals surface area contributed by atoms with Crippen LogP contribution in [0.5, 0.6) is 5.88 Å². The van der Waals surface area contributed by atoms with Gasteiger partial charge in [0.25, 0.3) is 0 Å². The molecule has 0 spiro atoms. The number of nitrogens with zero attached hydrogens (tertiary/aromatic N) is 2. The van der Waals surface area contributed by atoms with Crippen molar-refractivity contribution >= 4 is 21.4 Å². The van der Waals surface area contributed by atoms with Crippen molar-refractivity contribution in [3.8, 4) is 5.88 Å². The highest BCUT2D eigenvalue weighted by molar-refractivity contribution is 7.93. The van der Waals surface area contributed by atoms with Gasteiger partial charge in [0.1, 0.15) is 11.7 Å². The van der Waals surface area contributed by atoms with Crippen molar-refractivity contribution in [3.05, 3.63) is 36.0 Å². The molecule has 1 heterocycles. The van der Waals surface area contributed by atoms with Crippen LogP contribution in [0, 0.1) is 4.78 Å². The van der Waals surface area contributed by atoms with E-state index in [9.17, 15) is 22.5 Å². The summed E-state index contributed by atoms with van der Waals surface area (Å²) < 4.78 is 65.2. The molecule has 3 atom stereocenters. The molecule has 0 saturated heterocycles. The molecule has 7 nitrogen and oxygen atoms in total. The minimum absolute atomic E-state index is 0.116. The van der Waals surface area contributed by atoms with Crippen LogP contribution in [0.1, 0.15) is 32.3 Å². The highest BCUT2D eigenvalue weighted by Gasteiger charge is 2.37. The number of aromatic nitrogens is 2. The molecule has 29 heavy (non-hydrogen) atoms. The molecule has 0 aliphatic heterocycles. The van der Waals surface area contributed by atoms with Gasteiger partial charge in [-0.15, -0.1) is 0 Å². The summed E-state index contributed by atoms with van der Waals surface area (Å²) >= 11 is 0. The van der Waals surface area contributed by atoms with Crippen LogP contribution in [-0.2, 0) is 15.9 Å². The highest BCUT2D eigenvalue weighted by atomic mass is 32.2. The summed E-state index contributed by atoms with van der Waals surface area (Å²) in [5.41, 5.74) is -0.696. The number of aliphatic hydroxyl groups excluding tert-OH is 1. The predicted octanol–water partition coefficient (Wildman–Crippen LogP) is 3.96. The molecule has 3 N–H and O–H groups in total. The molecule has 1 unspecified atom stereocenters. The highest BCUT2D eigenvalue weighted by Crippen LogP contribution is 2.36. The maximum Gasteiger partial charge on any atom is 0.423 e. The molecule has 1 aromatic heterocycles. The zero-order valence-electron chi connectivity index (χ0n) is 15.7. The SMILES string of the molecule is C[C@@H](O)[C@@H](C)Oc1nc(Nc2ccc(S(=N)(=O)C3CC3)cc2)ncc1C(F)(F)F. The summed E-state index contributed by atoms with van der Waals surface area (Å²) in [6.07, 6.45) is -4.47. The molecule has 3 rings (SSSR count). The summed E-state index contributed by atoms with van der Waals surface area (Å²) in [6, 6.07) is 6.22. The molecule has 158 valence electrons. The van der Waals surface area contributed by atoms with Crippen LogP contribution >= 0.6 is 0 Å². The summed E-state index contributed by atoms with van der Waals surface area (Å²) in [5, 5.41) is 12.2. The van der Waals surface area contributed by atoms with E-state index in [0.29, 0.717) is 16.8 Å². The van der Waals surface area contributed by atoms with Crippen molar-refractivity contribution in [2.24, 2.45) is 0 Å². The number of anilines is 2. The van der Waals surface area contributed by atoms with E-state index < -0.39 is 39.6 Å². The first-order valence-corrected chi connectivity index (χ1v) is 10.5. The lowest BCUT2D eigenvalue weighted by molar-refractivity contribution is -0.140. The first-order valence-electron chi connectivity index (χ1n) is 8.92. The van der Waals surface area contributed by atoms with Crippen molar-refractivity contribution in [3.63, 3.8) is 0 Å². The second-order valence-electron chi connectivity index (χ2n) is 6.92. The van der Waals surface area contributed by atoms with Crippen LogP contribution < -0.4 is 10.1 Å². The van der Waals surface area contributed by atoms with Gasteiger partial charge in [0, 0.05) is 22.0 Å². The van der Waals surface area contributed by atoms with E-state index in [2.05, 4.69) is 15.3 Å². The standard InChI is InChI=1S/C18H21F3N4O3S/c1-10(26)11(2)28-16-15(18(19,20)21)9-23-17(25-16)24-12-3-5-13(6-4-12)29(22,27)14-7-8-14/h3-6,9-11,14,22,26H,7-8H2,1-2H3,(H,23,24,25)/t10-,11-,29?/m1/s1. The molecule has 1 aliphatic rings. The fourth-order valence-corrected chi connectivity index (χ4v) is 4.17. The zero-order chi connectivity index (χ0) is 21.4. The summed E-state index contributed by atoms with van der Waals surface area (Å²) in [5.74, 6) is -0.824. The van der Waals surface area contributed by atoms with Crippen LogP contribution in [0.25, 0.3) is 0 Å². The summed E-state index contributed by atoms with van der Waals surface area (Å²) in [6.45, 7) is 2.82. The van der Waals surface area contributed by atoms with Gasteiger partial charge in [-0.25, -0.2) is 14.0 Å². The van der Waals surface area contributed by atoms with Gasteiger partial charge in [0.05, 0.1) is 15.8 Å². The number of rotatable bonds is 7. The van der Waals surface area contributed by atoms with E-state index >= 15 is 0 Å². The molecule has 0 amide bonds. The number of halogens is 3. The molecular formula is C18H21F3N4O3S. The molecule has 1 aliphatic carbocycles. The fraction of sp³-hybridized carbons (Fsp3) is 0.444. The van der Waals surface area contributed by atoms with Crippen LogP contribution in [-0.4, -0.2) is 36.7 Å². The molecule has 11 heteroatoms. The normalized spacial score (nSPS) is 18.6. The van der Waals surface area contributed by atoms with Gasteiger partial charge in [-0.1, -0.05) is 0 Å². The number of hydrogen-bond donors (Lipinski definition) is 3. The van der Waals surface area contributed by atoms with Crippen LogP contribution in [0.3, 0.4) is 0 Å². The van der Waals surface area contributed by atoms with Crippen molar-refractivity contribution in [1.82, 2.24) is 9.97 Å². The third-order valence-corrected chi connectivity index (χ3v) is 6.87. The largest absolute Gasteiger partial charge is 0.471 e. The Labute approximate surface area is 166 Å². The average Bonchev–Trinajstić information content (AvgIpc) is 3.47. The minimum Gasteiger partial charge on any atom is -0.471 e. The molecule has 1 fully saturated rings. The summed E-state index contributed by atoms with van der Waals surface area (Å²) in [4.78, 5) is 7.89. The van der Waals surface area contributed by atoms with Gasteiger partial charge >= 0.3 is 6.18 Å². The molecule has 1 saturated carbocycles. The second-order valence-corrected chi connectivity index (χ2v) is 9.26. The Balaban J connectivity index is 1.83. The molecule has 2 aromatic rings. The van der Waals surface area contributed by atoms with E-state index in [-0.39, 0.29) is 11.2 Å². The fourth-order valence-electron chi connectivity index (χ4n) is 2.45. The summed E-state index contributed by atoms with van der Waals surface area (Å²) in [7, 11) is -2.83. The third kappa shape index (κ3) is 4.96. The van der Waals surface area contributed by atoms with Gasteiger partial charge in [0.2, 0.25) is 11.8 Å². The number of nitrogens with one attached hydrogen (secondary N) is 2. The lowest BCUT2D eigenvalue weighted by Gasteiger charge is -2.20. The van der Waals surface area contributed by atoms with E-state index in [1.54, 1.807) is 24.3 Å². The Bertz CT molecular complexity index is 975. The van der Waals surface area contributed by atoms with Gasteiger partial charge in [-0.3, -0.25) is 0 Å². The number of ether oxygens (including phenoxy) is 1. The molecule has 1 aromatic carbocycles. The Morgan fingerprint density at radius 2 is 1.90 bits per heavy atom. The maximum absolute atomic E-state index is 13.2. The number of aliphatic hydroxyl groups is 1. The topological polar surface area (TPSA) is 108 Å². The lowest BCUT2D eigenvalue weighted by Crippen LogP contribution is -2.27. The number of benzene rings is 1. The van der Waals surface area contributed by atoms with E-state index in [4.69, 9.17) is 9.52 Å². The average molecular weight is 430 g/mol. The number of alkyl halides is 3. The zero-order valence-corrected chi connectivity index (χ0v) is 16.5. The van der Waals surface area contributed by atoms with Crippen LogP contribution in [0.4, 0.5) is 24.8 Å². The Morgan fingerprint density at radius 1 is 1.28 bits per heavy atom.